The summed E-state index contributed by atoms with van der Waals surface area (Å²) < 4.78 is 9.54. The molecule has 100 valence electrons. The molecule has 0 N–H and O–H groups in total. The van der Waals surface area contributed by atoms with E-state index in [1.807, 2.05) is 6.92 Å². The van der Waals surface area contributed by atoms with Crippen LogP contribution in [-0.4, -0.2) is 37.2 Å². The van der Waals surface area contributed by atoms with Crippen molar-refractivity contribution >= 4 is 21.9 Å². The maximum absolute atomic E-state index is 11.6. The molecule has 0 heterocycles. The molecule has 0 fully saturated rings. The summed E-state index contributed by atoms with van der Waals surface area (Å²) in [6.07, 6.45) is 0.655. The van der Waals surface area contributed by atoms with Gasteiger partial charge in [-0.15, -0.1) is 0 Å². The highest BCUT2D eigenvalue weighted by Gasteiger charge is 2.33. The number of nitrogens with zero attached hydrogens (tertiary/aromatic N) is 1. The lowest BCUT2D eigenvalue weighted by Crippen LogP contribution is -2.38. The van der Waals surface area contributed by atoms with Crippen molar-refractivity contribution < 1.29 is 14.3 Å². The number of esters is 1. The van der Waals surface area contributed by atoms with E-state index in [2.05, 4.69) is 21.1 Å². The Bertz CT molecular complexity index is 265. The second-order valence-electron chi connectivity index (χ2n) is 4.62. The third kappa shape index (κ3) is 5.59. The SMILES string of the molecule is CCC(CN=O)(COC)COC(=O)C(C)(C)Br. The first kappa shape index (κ1) is 16.5. The zero-order valence-corrected chi connectivity index (χ0v) is 12.4. The van der Waals surface area contributed by atoms with Crippen molar-refractivity contribution in [2.24, 2.45) is 10.6 Å². The third-order valence-electron chi connectivity index (χ3n) is 2.60. The fourth-order valence-electron chi connectivity index (χ4n) is 1.28. The van der Waals surface area contributed by atoms with Gasteiger partial charge < -0.3 is 9.47 Å². The average Bonchev–Trinajstić information content (AvgIpc) is 2.24. The van der Waals surface area contributed by atoms with Gasteiger partial charge in [0.25, 0.3) is 0 Å². The van der Waals surface area contributed by atoms with Gasteiger partial charge in [-0.25, -0.2) is 0 Å². The molecule has 0 rings (SSSR count). The van der Waals surface area contributed by atoms with Crippen LogP contribution in [0.2, 0.25) is 0 Å². The summed E-state index contributed by atoms with van der Waals surface area (Å²) in [5, 5.41) is 2.90. The first-order valence-corrected chi connectivity index (χ1v) is 6.25. The first-order valence-electron chi connectivity index (χ1n) is 5.45. The first-order chi connectivity index (χ1) is 7.81. The number of halogens is 1. The molecule has 17 heavy (non-hydrogen) atoms. The van der Waals surface area contributed by atoms with Gasteiger partial charge in [0.15, 0.2) is 0 Å². The molecule has 0 aliphatic rings. The molecule has 6 heteroatoms. The second-order valence-corrected chi connectivity index (χ2v) is 6.60. The van der Waals surface area contributed by atoms with Crippen molar-refractivity contribution in [3.63, 3.8) is 0 Å². The predicted molar refractivity (Wildman–Crippen MR) is 69.2 cm³/mol. The van der Waals surface area contributed by atoms with Crippen LogP contribution in [0.3, 0.4) is 0 Å². The smallest absolute Gasteiger partial charge is 0.322 e. The number of nitroso groups, excluding NO2 is 1. The summed E-state index contributed by atoms with van der Waals surface area (Å²) in [5.74, 6) is -0.364. The van der Waals surface area contributed by atoms with Gasteiger partial charge in [0.2, 0.25) is 0 Å². The lowest BCUT2D eigenvalue weighted by Gasteiger charge is -2.29. The Morgan fingerprint density at radius 1 is 1.35 bits per heavy atom. The van der Waals surface area contributed by atoms with E-state index in [0.29, 0.717) is 13.0 Å². The molecule has 5 nitrogen and oxygen atoms in total. The molecule has 0 radical (unpaired) electrons. The zero-order valence-electron chi connectivity index (χ0n) is 10.8. The highest BCUT2D eigenvalue weighted by atomic mass is 79.9. The molecule has 0 amide bonds. The number of alkyl halides is 1. The number of rotatable bonds is 8. The number of hydrogen-bond acceptors (Lipinski definition) is 5. The summed E-state index contributed by atoms with van der Waals surface area (Å²) in [5.41, 5.74) is -0.523. The maximum atomic E-state index is 11.6. The van der Waals surface area contributed by atoms with E-state index in [0.717, 1.165) is 0 Å². The monoisotopic (exact) mass is 309 g/mol. The lowest BCUT2D eigenvalue weighted by molar-refractivity contribution is -0.150. The fourth-order valence-corrected chi connectivity index (χ4v) is 1.40. The Hall–Kier alpha value is -0.490. The number of carbonyl (C=O) groups is 1. The fraction of sp³-hybridized carbons (Fsp3) is 0.909. The summed E-state index contributed by atoms with van der Waals surface area (Å²) in [7, 11) is 1.55. The summed E-state index contributed by atoms with van der Waals surface area (Å²) in [6.45, 7) is 5.88. The molecule has 0 aliphatic carbocycles. The van der Waals surface area contributed by atoms with Crippen LogP contribution in [-0.2, 0) is 14.3 Å². The molecule has 0 saturated carbocycles. The van der Waals surface area contributed by atoms with Gasteiger partial charge in [-0.3, -0.25) is 4.79 Å². The van der Waals surface area contributed by atoms with Gasteiger partial charge in [-0.2, -0.15) is 4.91 Å². The molecular weight excluding hydrogens is 290 g/mol. The average molecular weight is 310 g/mol. The number of carbonyl (C=O) groups excluding carboxylic acids is 1. The van der Waals surface area contributed by atoms with Crippen molar-refractivity contribution in [3.8, 4) is 0 Å². The molecule has 0 bridgehead atoms. The van der Waals surface area contributed by atoms with Crippen LogP contribution in [0.15, 0.2) is 5.18 Å². The van der Waals surface area contributed by atoms with Crippen molar-refractivity contribution in [1.29, 1.82) is 0 Å². The summed E-state index contributed by atoms with van der Waals surface area (Å²) in [6, 6.07) is 0. The lowest BCUT2D eigenvalue weighted by atomic mass is 9.87. The van der Waals surface area contributed by atoms with Crippen molar-refractivity contribution in [1.82, 2.24) is 0 Å². The molecular formula is C11H20BrNO4. The van der Waals surface area contributed by atoms with E-state index in [9.17, 15) is 9.70 Å². The van der Waals surface area contributed by atoms with Gasteiger partial charge >= 0.3 is 5.97 Å². The van der Waals surface area contributed by atoms with E-state index in [4.69, 9.17) is 9.47 Å². The number of hydrogen-bond donors (Lipinski definition) is 0. The van der Waals surface area contributed by atoms with Crippen molar-refractivity contribution in [2.75, 3.05) is 26.9 Å². The van der Waals surface area contributed by atoms with E-state index in [1.54, 1.807) is 21.0 Å². The minimum Gasteiger partial charge on any atom is -0.464 e. The minimum absolute atomic E-state index is 0.0767. The third-order valence-corrected chi connectivity index (χ3v) is 2.92. The molecule has 1 unspecified atom stereocenters. The zero-order chi connectivity index (χ0) is 13.5. The van der Waals surface area contributed by atoms with Crippen LogP contribution in [0, 0.1) is 10.3 Å². The Kier molecular flexibility index (Phi) is 6.85. The van der Waals surface area contributed by atoms with E-state index >= 15 is 0 Å². The van der Waals surface area contributed by atoms with Gasteiger partial charge in [-0.1, -0.05) is 28.0 Å². The van der Waals surface area contributed by atoms with Crippen LogP contribution >= 0.6 is 15.9 Å². The molecule has 1 atom stereocenters. The van der Waals surface area contributed by atoms with Crippen LogP contribution in [0.1, 0.15) is 27.2 Å². The normalized spacial score (nSPS) is 15.1. The Labute approximate surface area is 110 Å². The van der Waals surface area contributed by atoms with Crippen LogP contribution in [0.4, 0.5) is 0 Å². The van der Waals surface area contributed by atoms with Crippen LogP contribution < -0.4 is 0 Å². The molecule has 0 saturated heterocycles. The van der Waals surface area contributed by atoms with Crippen LogP contribution in [0.5, 0.6) is 0 Å². The topological polar surface area (TPSA) is 65.0 Å². The minimum atomic E-state index is -0.728. The van der Waals surface area contributed by atoms with Crippen LogP contribution in [0.25, 0.3) is 0 Å². The van der Waals surface area contributed by atoms with Crippen molar-refractivity contribution in [2.45, 2.75) is 31.5 Å². The molecule has 0 aromatic carbocycles. The highest BCUT2D eigenvalue weighted by Crippen LogP contribution is 2.26. The van der Waals surface area contributed by atoms with Crippen molar-refractivity contribution in [3.05, 3.63) is 4.91 Å². The Morgan fingerprint density at radius 2 is 1.94 bits per heavy atom. The second kappa shape index (κ2) is 7.06. The Balaban J connectivity index is 4.54. The molecule has 0 aromatic heterocycles. The number of methoxy groups -OCH3 is 1. The molecule has 0 aliphatic heterocycles. The predicted octanol–water partition coefficient (Wildman–Crippen LogP) is 2.51. The van der Waals surface area contributed by atoms with Gasteiger partial charge in [0, 0.05) is 7.11 Å². The van der Waals surface area contributed by atoms with Gasteiger partial charge in [-0.05, 0) is 20.3 Å². The van der Waals surface area contributed by atoms with E-state index in [-0.39, 0.29) is 19.1 Å². The highest BCUT2D eigenvalue weighted by molar-refractivity contribution is 9.10. The quantitative estimate of drug-likeness (QED) is 0.392. The van der Waals surface area contributed by atoms with Gasteiger partial charge in [0.1, 0.15) is 10.9 Å². The molecule has 0 spiro atoms. The summed E-state index contributed by atoms with van der Waals surface area (Å²) >= 11 is 3.22. The van der Waals surface area contributed by atoms with Gasteiger partial charge in [0.05, 0.1) is 18.6 Å². The standard InChI is InChI=1S/C11H20BrNO4/c1-5-11(6-13-15,7-16-4)8-17-9(14)10(2,3)12/h5-8H2,1-4H3. The maximum Gasteiger partial charge on any atom is 0.322 e. The summed E-state index contributed by atoms with van der Waals surface area (Å²) in [4.78, 5) is 22.1. The largest absolute Gasteiger partial charge is 0.464 e. The van der Waals surface area contributed by atoms with E-state index in [1.165, 1.54) is 0 Å². The Morgan fingerprint density at radius 3 is 2.29 bits per heavy atom. The molecule has 0 aromatic rings. The van der Waals surface area contributed by atoms with E-state index < -0.39 is 9.74 Å². The number of ether oxygens (including phenoxy) is 2.